The van der Waals surface area contributed by atoms with Crippen molar-refractivity contribution in [3.63, 3.8) is 0 Å². The minimum absolute atomic E-state index is 0.113. The fraction of sp³-hybridized carbons (Fsp3) is 0.550. The summed E-state index contributed by atoms with van der Waals surface area (Å²) in [6, 6.07) is 4.32. The first-order chi connectivity index (χ1) is 12.5. The molecule has 0 aromatic carbocycles. The van der Waals surface area contributed by atoms with E-state index in [-0.39, 0.29) is 11.9 Å². The number of H-pyrrole nitrogens is 1. The zero-order valence-electron chi connectivity index (χ0n) is 16.2. The lowest BCUT2D eigenvalue weighted by atomic mass is 10.1. The molecule has 0 spiro atoms. The predicted molar refractivity (Wildman–Crippen MR) is 102 cm³/mol. The summed E-state index contributed by atoms with van der Waals surface area (Å²) in [4.78, 5) is 21.6. The van der Waals surface area contributed by atoms with Crippen LogP contribution in [-0.4, -0.2) is 51.5 Å². The van der Waals surface area contributed by atoms with Gasteiger partial charge in [0.05, 0.1) is 17.4 Å². The summed E-state index contributed by atoms with van der Waals surface area (Å²) in [5, 5.41) is 7.21. The molecule has 1 fully saturated rings. The van der Waals surface area contributed by atoms with Gasteiger partial charge in [-0.05, 0) is 64.4 Å². The number of hydrogen-bond donors (Lipinski definition) is 1. The van der Waals surface area contributed by atoms with Gasteiger partial charge in [0, 0.05) is 31.4 Å². The van der Waals surface area contributed by atoms with Crippen LogP contribution < -0.4 is 0 Å². The molecule has 1 aliphatic rings. The van der Waals surface area contributed by atoms with E-state index in [0.29, 0.717) is 6.42 Å². The van der Waals surface area contributed by atoms with Crippen molar-refractivity contribution in [2.24, 2.45) is 0 Å². The summed E-state index contributed by atoms with van der Waals surface area (Å²) in [6.45, 7) is 5.71. The van der Waals surface area contributed by atoms with E-state index in [9.17, 15) is 4.79 Å². The van der Waals surface area contributed by atoms with Crippen LogP contribution in [-0.2, 0) is 17.8 Å². The highest BCUT2D eigenvalue weighted by Crippen LogP contribution is 2.31. The van der Waals surface area contributed by atoms with Gasteiger partial charge >= 0.3 is 0 Å². The van der Waals surface area contributed by atoms with Crippen LogP contribution in [0.4, 0.5) is 0 Å². The fourth-order valence-corrected chi connectivity index (χ4v) is 3.78. The monoisotopic (exact) mass is 355 g/mol. The molecule has 1 N–H and O–H groups in total. The molecule has 6 nitrogen and oxygen atoms in total. The Morgan fingerprint density at radius 1 is 1.35 bits per heavy atom. The molecule has 6 heteroatoms. The average Bonchev–Trinajstić information content (AvgIpc) is 3.21. The Labute approximate surface area is 155 Å². The largest absolute Gasteiger partial charge is 0.334 e. The van der Waals surface area contributed by atoms with Gasteiger partial charge in [-0.2, -0.15) is 5.10 Å². The summed E-state index contributed by atoms with van der Waals surface area (Å²) in [5.74, 6) is 0.215. The van der Waals surface area contributed by atoms with Gasteiger partial charge in [0.2, 0.25) is 5.91 Å². The third kappa shape index (κ3) is 4.12. The molecule has 1 amide bonds. The molecule has 0 radical (unpaired) electrons. The predicted octanol–water partition coefficient (Wildman–Crippen LogP) is 2.78. The Morgan fingerprint density at radius 3 is 2.77 bits per heavy atom. The van der Waals surface area contributed by atoms with Crippen LogP contribution >= 0.6 is 0 Å². The van der Waals surface area contributed by atoms with Crippen molar-refractivity contribution in [2.45, 2.75) is 52.1 Å². The second-order valence-electron chi connectivity index (χ2n) is 7.49. The van der Waals surface area contributed by atoms with Gasteiger partial charge < -0.3 is 9.80 Å². The number of nitrogens with zero attached hydrogens (tertiary/aromatic N) is 4. The number of rotatable bonds is 6. The van der Waals surface area contributed by atoms with Crippen LogP contribution in [0.15, 0.2) is 18.3 Å². The van der Waals surface area contributed by atoms with Crippen LogP contribution in [0.25, 0.3) is 0 Å². The summed E-state index contributed by atoms with van der Waals surface area (Å²) in [6.07, 6.45) is 5.24. The smallest absolute Gasteiger partial charge is 0.223 e. The average molecular weight is 355 g/mol. The highest BCUT2D eigenvalue weighted by atomic mass is 16.2. The summed E-state index contributed by atoms with van der Waals surface area (Å²) < 4.78 is 0. The normalized spacial score (nSPS) is 17.3. The Bertz CT molecular complexity index is 731. The first-order valence-corrected chi connectivity index (χ1v) is 9.35. The van der Waals surface area contributed by atoms with Crippen molar-refractivity contribution in [2.75, 3.05) is 20.6 Å². The molecule has 1 saturated heterocycles. The minimum Gasteiger partial charge on any atom is -0.334 e. The fourth-order valence-electron chi connectivity index (χ4n) is 3.78. The number of aromatic nitrogens is 3. The Hall–Kier alpha value is -2.21. The maximum Gasteiger partial charge on any atom is 0.223 e. The van der Waals surface area contributed by atoms with Gasteiger partial charge in [0.15, 0.2) is 0 Å². The number of hydrogen-bond acceptors (Lipinski definition) is 4. The molecule has 3 heterocycles. The molecule has 26 heavy (non-hydrogen) atoms. The summed E-state index contributed by atoms with van der Waals surface area (Å²) in [5.41, 5.74) is 5.42. The first kappa shape index (κ1) is 18.6. The van der Waals surface area contributed by atoms with Crippen LogP contribution in [0, 0.1) is 13.8 Å². The van der Waals surface area contributed by atoms with Crippen LogP contribution in [0.1, 0.15) is 53.5 Å². The lowest BCUT2D eigenvalue weighted by Gasteiger charge is -2.24. The zero-order valence-corrected chi connectivity index (χ0v) is 16.2. The molecule has 2 aromatic heterocycles. The van der Waals surface area contributed by atoms with E-state index in [4.69, 9.17) is 0 Å². The third-order valence-electron chi connectivity index (χ3n) is 5.13. The number of carbonyl (C=O) groups is 1. The number of aryl methyl sites for hydroxylation is 2. The standard InChI is InChI=1S/C20H29N5O/c1-14-17(15(2)23-22-14)8-10-20(26)25-11-5-6-19(25)18-9-7-16(12-21-18)13-24(3)4/h7,9,12,19H,5-6,8,10-11,13H2,1-4H3,(H,22,23). The van der Waals surface area contributed by atoms with E-state index in [0.717, 1.165) is 49.4 Å². The molecular weight excluding hydrogens is 326 g/mol. The number of pyridine rings is 1. The Balaban J connectivity index is 1.64. The van der Waals surface area contributed by atoms with Gasteiger partial charge in [-0.3, -0.25) is 14.9 Å². The topological polar surface area (TPSA) is 65.1 Å². The Kier molecular flexibility index (Phi) is 5.71. The molecule has 0 saturated carbocycles. The lowest BCUT2D eigenvalue weighted by Crippen LogP contribution is -2.31. The maximum absolute atomic E-state index is 12.8. The molecule has 1 unspecified atom stereocenters. The van der Waals surface area contributed by atoms with Crippen LogP contribution in [0.3, 0.4) is 0 Å². The van der Waals surface area contributed by atoms with Gasteiger partial charge in [0.1, 0.15) is 0 Å². The first-order valence-electron chi connectivity index (χ1n) is 9.35. The number of amides is 1. The van der Waals surface area contributed by atoms with E-state index < -0.39 is 0 Å². The van der Waals surface area contributed by atoms with Crippen molar-refractivity contribution >= 4 is 5.91 Å². The van der Waals surface area contributed by atoms with Gasteiger partial charge in [-0.15, -0.1) is 0 Å². The van der Waals surface area contributed by atoms with Crippen molar-refractivity contribution in [3.8, 4) is 0 Å². The summed E-state index contributed by atoms with van der Waals surface area (Å²) >= 11 is 0. The van der Waals surface area contributed by atoms with Crippen molar-refractivity contribution in [1.82, 2.24) is 25.0 Å². The van der Waals surface area contributed by atoms with E-state index in [1.54, 1.807) is 0 Å². The van der Waals surface area contributed by atoms with E-state index in [2.05, 4.69) is 46.3 Å². The molecule has 1 atom stereocenters. The molecule has 140 valence electrons. The maximum atomic E-state index is 12.8. The van der Waals surface area contributed by atoms with Crippen molar-refractivity contribution in [3.05, 3.63) is 46.5 Å². The second kappa shape index (κ2) is 7.99. The molecule has 2 aromatic rings. The molecular formula is C20H29N5O. The van der Waals surface area contributed by atoms with E-state index in [1.807, 2.05) is 24.9 Å². The number of aromatic amines is 1. The van der Waals surface area contributed by atoms with E-state index in [1.165, 1.54) is 11.1 Å². The van der Waals surface area contributed by atoms with Gasteiger partial charge in [-0.1, -0.05) is 6.07 Å². The van der Waals surface area contributed by atoms with E-state index >= 15 is 0 Å². The molecule has 0 bridgehead atoms. The van der Waals surface area contributed by atoms with Crippen molar-refractivity contribution in [1.29, 1.82) is 0 Å². The Morgan fingerprint density at radius 2 is 2.15 bits per heavy atom. The van der Waals surface area contributed by atoms with Crippen LogP contribution in [0.5, 0.6) is 0 Å². The van der Waals surface area contributed by atoms with Crippen LogP contribution in [0.2, 0.25) is 0 Å². The highest BCUT2D eigenvalue weighted by molar-refractivity contribution is 5.77. The molecule has 1 aliphatic heterocycles. The SMILES string of the molecule is Cc1n[nH]c(C)c1CCC(=O)N1CCCC1c1ccc(CN(C)C)cn1. The minimum atomic E-state index is 0.113. The van der Waals surface area contributed by atoms with Gasteiger partial charge in [0.25, 0.3) is 0 Å². The number of likely N-dealkylation sites (tertiary alicyclic amines) is 1. The third-order valence-corrected chi connectivity index (χ3v) is 5.13. The molecule has 0 aliphatic carbocycles. The van der Waals surface area contributed by atoms with Crippen molar-refractivity contribution < 1.29 is 4.79 Å². The second-order valence-corrected chi connectivity index (χ2v) is 7.49. The number of carbonyl (C=O) groups excluding carboxylic acids is 1. The number of nitrogens with one attached hydrogen (secondary N) is 1. The lowest BCUT2D eigenvalue weighted by molar-refractivity contribution is -0.132. The highest BCUT2D eigenvalue weighted by Gasteiger charge is 2.30. The summed E-state index contributed by atoms with van der Waals surface area (Å²) in [7, 11) is 4.10. The molecule has 3 rings (SSSR count). The van der Waals surface area contributed by atoms with Gasteiger partial charge in [-0.25, -0.2) is 0 Å². The zero-order chi connectivity index (χ0) is 18.7. The quantitative estimate of drug-likeness (QED) is 0.865.